The highest BCUT2D eigenvalue weighted by molar-refractivity contribution is 5.31. The van der Waals surface area contributed by atoms with Gasteiger partial charge >= 0.3 is 6.18 Å². The average molecular weight is 312 g/mol. The molecule has 0 saturated carbocycles. The molecule has 1 N–H and O–H groups in total. The van der Waals surface area contributed by atoms with Crippen molar-refractivity contribution in [3.63, 3.8) is 0 Å². The summed E-state index contributed by atoms with van der Waals surface area (Å²) in [6.45, 7) is 6.50. The van der Waals surface area contributed by atoms with Gasteiger partial charge in [0.05, 0.1) is 5.56 Å². The van der Waals surface area contributed by atoms with E-state index in [1.165, 1.54) is 31.4 Å². The maximum Gasteiger partial charge on any atom is 0.416 e. The Morgan fingerprint density at radius 1 is 1.14 bits per heavy atom. The highest BCUT2D eigenvalue weighted by atomic mass is 19.4. The predicted octanol–water partition coefficient (Wildman–Crippen LogP) is 3.59. The lowest BCUT2D eigenvalue weighted by Crippen LogP contribution is -2.38. The predicted molar refractivity (Wildman–Crippen MR) is 80.6 cm³/mol. The van der Waals surface area contributed by atoms with Gasteiger partial charge in [0.1, 0.15) is 0 Å². The van der Waals surface area contributed by atoms with Gasteiger partial charge in [0.25, 0.3) is 0 Å². The fourth-order valence-electron chi connectivity index (χ4n) is 3.90. The molecule has 3 rings (SSSR count). The fraction of sp³-hybridized carbons (Fsp3) is 0.647. The molecule has 2 saturated heterocycles. The molecule has 2 fully saturated rings. The van der Waals surface area contributed by atoms with Crippen molar-refractivity contribution < 1.29 is 13.2 Å². The van der Waals surface area contributed by atoms with Crippen molar-refractivity contribution in [2.24, 2.45) is 5.41 Å². The number of nitrogens with one attached hydrogen (secondary N) is 1. The van der Waals surface area contributed by atoms with Crippen LogP contribution in [0, 0.1) is 12.3 Å². The number of aryl methyl sites for hydroxylation is 1. The van der Waals surface area contributed by atoms with Gasteiger partial charge in [-0.1, -0.05) is 11.6 Å². The first-order valence-corrected chi connectivity index (χ1v) is 7.97. The lowest BCUT2D eigenvalue weighted by molar-refractivity contribution is -0.137. The van der Waals surface area contributed by atoms with Crippen LogP contribution >= 0.6 is 0 Å². The average Bonchev–Trinajstić information content (AvgIpc) is 2.80. The Balaban J connectivity index is 1.70. The molecule has 0 amide bonds. The van der Waals surface area contributed by atoms with E-state index in [2.05, 4.69) is 10.2 Å². The Labute approximate surface area is 129 Å². The second-order valence-electron chi connectivity index (χ2n) is 6.92. The largest absolute Gasteiger partial charge is 0.416 e. The molecule has 22 heavy (non-hydrogen) atoms. The molecule has 2 aliphatic rings. The molecule has 1 spiro atoms. The van der Waals surface area contributed by atoms with Gasteiger partial charge in [-0.25, -0.2) is 0 Å². The summed E-state index contributed by atoms with van der Waals surface area (Å²) in [4.78, 5) is 2.32. The summed E-state index contributed by atoms with van der Waals surface area (Å²) in [6.07, 6.45) is -0.717. The second kappa shape index (κ2) is 5.85. The van der Waals surface area contributed by atoms with Crippen LogP contribution in [0.3, 0.4) is 0 Å². The maximum atomic E-state index is 12.9. The van der Waals surface area contributed by atoms with E-state index >= 15 is 0 Å². The van der Waals surface area contributed by atoms with Gasteiger partial charge in [-0.05, 0) is 68.9 Å². The minimum Gasteiger partial charge on any atom is -0.317 e. The lowest BCUT2D eigenvalue weighted by Gasteiger charge is -2.34. The number of likely N-dealkylation sites (tertiary alicyclic amines) is 1. The SMILES string of the molecule is Cc1cc(CN2CCC3(CCNCC3)C2)cc(C(F)(F)F)c1. The van der Waals surface area contributed by atoms with Gasteiger partial charge in [0, 0.05) is 13.1 Å². The molecule has 122 valence electrons. The molecule has 0 unspecified atom stereocenters. The maximum absolute atomic E-state index is 12.9. The zero-order valence-corrected chi connectivity index (χ0v) is 13.0. The zero-order chi connectivity index (χ0) is 15.8. The first kappa shape index (κ1) is 15.8. The van der Waals surface area contributed by atoms with Crippen LogP contribution in [-0.2, 0) is 12.7 Å². The van der Waals surface area contributed by atoms with E-state index in [9.17, 15) is 13.2 Å². The Kier molecular flexibility index (Phi) is 4.21. The number of nitrogens with zero attached hydrogens (tertiary/aromatic N) is 1. The molecular formula is C17H23F3N2. The summed E-state index contributed by atoms with van der Waals surface area (Å²) in [7, 11) is 0. The van der Waals surface area contributed by atoms with E-state index in [0.29, 0.717) is 17.5 Å². The van der Waals surface area contributed by atoms with Gasteiger partial charge in [0.2, 0.25) is 0 Å². The molecule has 0 radical (unpaired) electrons. The third kappa shape index (κ3) is 3.46. The zero-order valence-electron chi connectivity index (χ0n) is 13.0. The Bertz CT molecular complexity index is 533. The van der Waals surface area contributed by atoms with Crippen molar-refractivity contribution in [2.75, 3.05) is 26.2 Å². The quantitative estimate of drug-likeness (QED) is 0.898. The summed E-state index contributed by atoms with van der Waals surface area (Å²) in [6, 6.07) is 4.41. The number of rotatable bonds is 2. The van der Waals surface area contributed by atoms with Crippen LogP contribution in [0.5, 0.6) is 0 Å². The van der Waals surface area contributed by atoms with E-state index < -0.39 is 11.7 Å². The minimum atomic E-state index is -4.26. The van der Waals surface area contributed by atoms with Crippen LogP contribution in [0.2, 0.25) is 0 Å². The van der Waals surface area contributed by atoms with Crippen molar-refractivity contribution in [3.8, 4) is 0 Å². The molecule has 0 bridgehead atoms. The van der Waals surface area contributed by atoms with E-state index in [1.54, 1.807) is 6.92 Å². The molecule has 5 heteroatoms. The van der Waals surface area contributed by atoms with Crippen molar-refractivity contribution in [1.82, 2.24) is 10.2 Å². The number of piperidine rings is 1. The summed E-state index contributed by atoms with van der Waals surface area (Å²) < 4.78 is 38.8. The number of hydrogen-bond donors (Lipinski definition) is 1. The Hall–Kier alpha value is -1.07. The van der Waals surface area contributed by atoms with Crippen molar-refractivity contribution in [3.05, 3.63) is 34.9 Å². The van der Waals surface area contributed by atoms with Gasteiger partial charge in [-0.3, -0.25) is 4.90 Å². The molecule has 2 aliphatic heterocycles. The summed E-state index contributed by atoms with van der Waals surface area (Å²) >= 11 is 0. The smallest absolute Gasteiger partial charge is 0.317 e. The normalized spacial score (nSPS) is 22.4. The van der Waals surface area contributed by atoms with Gasteiger partial charge < -0.3 is 5.32 Å². The highest BCUT2D eigenvalue weighted by Gasteiger charge is 2.38. The molecule has 0 aromatic heterocycles. The van der Waals surface area contributed by atoms with Crippen molar-refractivity contribution in [2.45, 2.75) is 38.9 Å². The number of hydrogen-bond acceptors (Lipinski definition) is 2. The van der Waals surface area contributed by atoms with E-state index in [1.807, 2.05) is 6.07 Å². The standard InChI is InChI=1S/C17H23F3N2/c1-13-8-14(10-15(9-13)17(18,19)20)11-22-7-4-16(12-22)2-5-21-6-3-16/h8-10,21H,2-7,11-12H2,1H3. The Morgan fingerprint density at radius 2 is 1.86 bits per heavy atom. The van der Waals surface area contributed by atoms with Gasteiger partial charge in [0.15, 0.2) is 0 Å². The first-order valence-electron chi connectivity index (χ1n) is 7.97. The van der Waals surface area contributed by atoms with Crippen LogP contribution in [0.4, 0.5) is 13.2 Å². The Morgan fingerprint density at radius 3 is 2.55 bits per heavy atom. The summed E-state index contributed by atoms with van der Waals surface area (Å²) in [5.74, 6) is 0. The fourth-order valence-corrected chi connectivity index (χ4v) is 3.90. The monoisotopic (exact) mass is 312 g/mol. The van der Waals surface area contributed by atoms with Gasteiger partial charge in [-0.2, -0.15) is 13.2 Å². The van der Waals surface area contributed by atoms with Crippen molar-refractivity contribution >= 4 is 0 Å². The molecule has 0 atom stereocenters. The van der Waals surface area contributed by atoms with Crippen LogP contribution in [0.1, 0.15) is 36.0 Å². The van der Waals surface area contributed by atoms with Crippen molar-refractivity contribution in [1.29, 1.82) is 0 Å². The third-order valence-corrected chi connectivity index (χ3v) is 5.05. The molecule has 1 aromatic carbocycles. The van der Waals surface area contributed by atoms with Crippen LogP contribution in [0.25, 0.3) is 0 Å². The van der Waals surface area contributed by atoms with Crippen LogP contribution < -0.4 is 5.32 Å². The highest BCUT2D eigenvalue weighted by Crippen LogP contribution is 2.39. The van der Waals surface area contributed by atoms with Gasteiger partial charge in [-0.15, -0.1) is 0 Å². The molecular weight excluding hydrogens is 289 g/mol. The van der Waals surface area contributed by atoms with E-state index in [0.717, 1.165) is 31.7 Å². The minimum absolute atomic E-state index is 0.391. The topological polar surface area (TPSA) is 15.3 Å². The molecule has 1 aromatic rings. The lowest BCUT2D eigenvalue weighted by atomic mass is 9.78. The van der Waals surface area contributed by atoms with E-state index in [4.69, 9.17) is 0 Å². The third-order valence-electron chi connectivity index (χ3n) is 5.05. The number of benzene rings is 1. The van der Waals surface area contributed by atoms with Crippen LogP contribution in [-0.4, -0.2) is 31.1 Å². The summed E-state index contributed by atoms with van der Waals surface area (Å²) in [5.41, 5.74) is 1.32. The first-order chi connectivity index (χ1) is 10.4. The number of alkyl halides is 3. The summed E-state index contributed by atoms with van der Waals surface area (Å²) in [5, 5.41) is 3.39. The second-order valence-corrected chi connectivity index (χ2v) is 6.92. The number of halogens is 3. The van der Waals surface area contributed by atoms with E-state index in [-0.39, 0.29) is 0 Å². The molecule has 2 heterocycles. The molecule has 2 nitrogen and oxygen atoms in total. The van der Waals surface area contributed by atoms with Crippen LogP contribution in [0.15, 0.2) is 18.2 Å². The molecule has 0 aliphatic carbocycles.